The van der Waals surface area contributed by atoms with Gasteiger partial charge in [0.1, 0.15) is 11.5 Å². The van der Waals surface area contributed by atoms with Crippen molar-refractivity contribution >= 4 is 16.8 Å². The molecule has 2 aromatic heterocycles. The summed E-state index contributed by atoms with van der Waals surface area (Å²) < 4.78 is 6.06. The van der Waals surface area contributed by atoms with E-state index < -0.39 is 0 Å². The van der Waals surface area contributed by atoms with Crippen molar-refractivity contribution in [1.29, 1.82) is 0 Å². The van der Waals surface area contributed by atoms with Gasteiger partial charge >= 0.3 is 0 Å². The molecule has 192 valence electrons. The van der Waals surface area contributed by atoms with Gasteiger partial charge in [0.15, 0.2) is 0 Å². The van der Waals surface area contributed by atoms with Crippen LogP contribution in [0.5, 0.6) is 11.5 Å². The molecule has 0 unspecified atom stereocenters. The van der Waals surface area contributed by atoms with Gasteiger partial charge in [-0.05, 0) is 61.2 Å². The quantitative estimate of drug-likeness (QED) is 0.317. The van der Waals surface area contributed by atoms with Crippen molar-refractivity contribution in [2.75, 3.05) is 26.2 Å². The highest BCUT2D eigenvalue weighted by Crippen LogP contribution is 2.26. The lowest BCUT2D eigenvalue weighted by Crippen LogP contribution is -2.47. The number of para-hydroxylation sites is 1. The second-order valence-corrected chi connectivity index (χ2v) is 10.0. The topological polar surface area (TPSA) is 90.5 Å². The minimum atomic E-state index is -0.112. The Kier molecular flexibility index (Phi) is 7.70. The van der Waals surface area contributed by atoms with Crippen LogP contribution in [0.4, 0.5) is 0 Å². The molecule has 3 heterocycles. The number of aromatic amines is 1. The first-order valence-corrected chi connectivity index (χ1v) is 12.9. The first-order chi connectivity index (χ1) is 18.0. The van der Waals surface area contributed by atoms with Gasteiger partial charge in [-0.25, -0.2) is 0 Å². The number of phenols is 1. The molecule has 1 fully saturated rings. The molecule has 7 heteroatoms. The van der Waals surface area contributed by atoms with Gasteiger partial charge in [-0.15, -0.1) is 0 Å². The fourth-order valence-electron chi connectivity index (χ4n) is 5.16. The number of benzene rings is 2. The fraction of sp³-hybridized carbons (Fsp3) is 0.333. The summed E-state index contributed by atoms with van der Waals surface area (Å²) in [6, 6.07) is 19.4. The van der Waals surface area contributed by atoms with Crippen molar-refractivity contribution < 1.29 is 14.6 Å². The maximum absolute atomic E-state index is 13.3. The summed E-state index contributed by atoms with van der Waals surface area (Å²) in [7, 11) is 0. The molecule has 37 heavy (non-hydrogen) atoms. The number of phenolic OH excluding ortho intramolecular Hbond substituents is 1. The number of pyridine rings is 1. The van der Waals surface area contributed by atoms with Crippen LogP contribution in [-0.2, 0) is 17.8 Å². The number of hydrogen-bond donors (Lipinski definition) is 3. The number of nitrogens with one attached hydrogen (secondary N) is 2. The molecule has 2 aromatic carbocycles. The van der Waals surface area contributed by atoms with Gasteiger partial charge in [0.05, 0.1) is 18.7 Å². The highest BCUT2D eigenvalue weighted by atomic mass is 16.5. The van der Waals surface area contributed by atoms with Crippen LogP contribution >= 0.6 is 0 Å². The fourth-order valence-corrected chi connectivity index (χ4v) is 5.16. The van der Waals surface area contributed by atoms with E-state index in [9.17, 15) is 9.90 Å². The number of piperidine rings is 1. The number of ether oxygens (including phenoxy) is 1. The van der Waals surface area contributed by atoms with Gasteiger partial charge in [0, 0.05) is 54.9 Å². The maximum atomic E-state index is 13.3. The molecule has 0 bridgehead atoms. The zero-order chi connectivity index (χ0) is 25.6. The lowest BCUT2D eigenvalue weighted by Gasteiger charge is -2.37. The van der Waals surface area contributed by atoms with E-state index in [1.165, 1.54) is 10.9 Å². The van der Waals surface area contributed by atoms with E-state index in [2.05, 4.69) is 32.3 Å². The van der Waals surface area contributed by atoms with Crippen LogP contribution in [0.2, 0.25) is 0 Å². The maximum Gasteiger partial charge on any atom is 0.224 e. The van der Waals surface area contributed by atoms with Crippen molar-refractivity contribution in [3.8, 4) is 11.5 Å². The van der Waals surface area contributed by atoms with Crippen LogP contribution < -0.4 is 10.1 Å². The molecule has 1 aliphatic rings. The van der Waals surface area contributed by atoms with Gasteiger partial charge in [0.25, 0.3) is 0 Å². The SMILES string of the molecule is Cc1ccc(OC[C@H]2C[C@@H](C(=O)NCCc3c[nH]c4ccccc34)CN(Cc3ccc(O)cc3)C2)cn1. The average molecular weight is 499 g/mol. The van der Waals surface area contributed by atoms with Crippen LogP contribution in [0.15, 0.2) is 73.1 Å². The van der Waals surface area contributed by atoms with Gasteiger partial charge in [-0.2, -0.15) is 0 Å². The van der Waals surface area contributed by atoms with E-state index in [1.807, 2.05) is 49.5 Å². The number of hydrogen-bond acceptors (Lipinski definition) is 5. The van der Waals surface area contributed by atoms with Crippen LogP contribution in [0, 0.1) is 18.8 Å². The highest BCUT2D eigenvalue weighted by molar-refractivity contribution is 5.83. The summed E-state index contributed by atoms with van der Waals surface area (Å²) in [5, 5.41) is 14.0. The van der Waals surface area contributed by atoms with Crippen molar-refractivity contribution in [1.82, 2.24) is 20.2 Å². The average Bonchev–Trinajstić information content (AvgIpc) is 3.32. The Labute approximate surface area is 217 Å². The van der Waals surface area contributed by atoms with E-state index in [4.69, 9.17) is 4.74 Å². The molecular formula is C30H34N4O3. The number of nitrogens with zero attached hydrogens (tertiary/aromatic N) is 2. The number of aryl methyl sites for hydroxylation is 1. The van der Waals surface area contributed by atoms with Gasteiger partial charge in [0.2, 0.25) is 5.91 Å². The predicted octanol–water partition coefficient (Wildman–Crippen LogP) is 4.45. The second-order valence-electron chi connectivity index (χ2n) is 10.0. The smallest absolute Gasteiger partial charge is 0.224 e. The number of carbonyl (C=O) groups is 1. The van der Waals surface area contributed by atoms with E-state index in [1.54, 1.807) is 18.3 Å². The van der Waals surface area contributed by atoms with Crippen LogP contribution in [0.1, 0.15) is 23.2 Å². The molecular weight excluding hydrogens is 464 g/mol. The number of rotatable bonds is 9. The third-order valence-corrected chi connectivity index (χ3v) is 7.06. The molecule has 3 N–H and O–H groups in total. The molecule has 1 amide bonds. The van der Waals surface area contributed by atoms with Gasteiger partial charge in [-0.1, -0.05) is 30.3 Å². The number of likely N-dealkylation sites (tertiary alicyclic amines) is 1. The molecule has 0 spiro atoms. The lowest BCUT2D eigenvalue weighted by atomic mass is 9.88. The Morgan fingerprint density at radius 1 is 1.14 bits per heavy atom. The van der Waals surface area contributed by atoms with E-state index in [0.29, 0.717) is 19.7 Å². The molecule has 0 aliphatic carbocycles. The van der Waals surface area contributed by atoms with E-state index >= 15 is 0 Å². The Hall–Kier alpha value is -3.84. The van der Waals surface area contributed by atoms with Crippen LogP contribution in [-0.4, -0.2) is 52.1 Å². The van der Waals surface area contributed by atoms with Crippen molar-refractivity contribution in [3.63, 3.8) is 0 Å². The summed E-state index contributed by atoms with van der Waals surface area (Å²) in [4.78, 5) is 23.2. The first kappa shape index (κ1) is 24.8. The highest BCUT2D eigenvalue weighted by Gasteiger charge is 2.32. The van der Waals surface area contributed by atoms with E-state index in [0.717, 1.165) is 48.5 Å². The molecule has 1 saturated heterocycles. The minimum absolute atomic E-state index is 0.0947. The third-order valence-electron chi connectivity index (χ3n) is 7.06. The summed E-state index contributed by atoms with van der Waals surface area (Å²) >= 11 is 0. The molecule has 0 radical (unpaired) electrons. The second kappa shape index (κ2) is 11.5. The molecule has 2 atom stereocenters. The Morgan fingerprint density at radius 3 is 2.78 bits per heavy atom. The van der Waals surface area contributed by atoms with E-state index in [-0.39, 0.29) is 23.5 Å². The minimum Gasteiger partial charge on any atom is -0.508 e. The molecule has 1 aliphatic heterocycles. The predicted molar refractivity (Wildman–Crippen MR) is 144 cm³/mol. The summed E-state index contributed by atoms with van der Waals surface area (Å²) in [5.41, 5.74) is 4.40. The zero-order valence-corrected chi connectivity index (χ0v) is 21.2. The lowest BCUT2D eigenvalue weighted by molar-refractivity contribution is -0.127. The number of carbonyl (C=O) groups excluding carboxylic acids is 1. The molecule has 4 aromatic rings. The van der Waals surface area contributed by atoms with Crippen molar-refractivity contribution in [2.45, 2.75) is 26.3 Å². The number of fused-ring (bicyclic) bond motifs is 1. The third kappa shape index (κ3) is 6.49. The van der Waals surface area contributed by atoms with Gasteiger partial charge in [-0.3, -0.25) is 14.7 Å². The van der Waals surface area contributed by atoms with Gasteiger partial charge < -0.3 is 20.1 Å². The first-order valence-electron chi connectivity index (χ1n) is 12.9. The monoisotopic (exact) mass is 498 g/mol. The van der Waals surface area contributed by atoms with Crippen molar-refractivity contribution in [3.05, 3.63) is 89.9 Å². The van der Waals surface area contributed by atoms with Crippen molar-refractivity contribution in [2.24, 2.45) is 11.8 Å². The number of aromatic hydroxyl groups is 1. The normalized spacial score (nSPS) is 18.1. The number of aromatic nitrogens is 2. The molecule has 0 saturated carbocycles. The van der Waals surface area contributed by atoms with Crippen LogP contribution in [0.3, 0.4) is 0 Å². The largest absolute Gasteiger partial charge is 0.508 e. The zero-order valence-electron chi connectivity index (χ0n) is 21.2. The number of H-pyrrole nitrogens is 1. The molecule has 7 nitrogen and oxygen atoms in total. The molecule has 5 rings (SSSR count). The Balaban J connectivity index is 1.21. The van der Waals surface area contributed by atoms with Crippen LogP contribution in [0.25, 0.3) is 10.9 Å². The summed E-state index contributed by atoms with van der Waals surface area (Å²) in [6.07, 6.45) is 5.35. The summed E-state index contributed by atoms with van der Waals surface area (Å²) in [6.45, 7) is 5.36. The Morgan fingerprint density at radius 2 is 1.97 bits per heavy atom. The Bertz CT molecular complexity index is 1320. The summed E-state index contributed by atoms with van der Waals surface area (Å²) in [5.74, 6) is 1.21. The number of amides is 1. The standard InChI is InChI=1S/C30H34N4O3/c1-21-6-11-27(16-32-21)37-20-23-14-25(19-34(18-23)17-22-7-9-26(35)10-8-22)30(36)31-13-12-24-15-33-29-5-3-2-4-28(24)29/h2-11,15-16,23,25,33,35H,12-14,17-20H2,1H3,(H,31,36)/t23-,25+/m0/s1.